The lowest BCUT2D eigenvalue weighted by Crippen LogP contribution is -2.02. The van der Waals surface area contributed by atoms with Gasteiger partial charge in [0, 0.05) is 21.8 Å². The molecule has 0 fully saturated rings. The lowest BCUT2D eigenvalue weighted by atomic mass is 10.0. The second-order valence-electron chi connectivity index (χ2n) is 8.56. The number of nitro groups is 2. The first-order valence-electron chi connectivity index (χ1n) is 12.3. The molecule has 0 saturated heterocycles. The lowest BCUT2D eigenvalue weighted by molar-refractivity contribution is -0.388. The smallest absolute Gasteiger partial charge is 0.314 e. The largest absolute Gasteiger partial charge is 0.443 e. The van der Waals surface area contributed by atoms with Crippen LogP contribution in [0.1, 0.15) is 75.3 Å². The van der Waals surface area contributed by atoms with Crippen LogP contribution < -0.4 is 4.74 Å². The van der Waals surface area contributed by atoms with E-state index in [0.29, 0.717) is 24.0 Å². The number of hydrogen-bond donors (Lipinski definition) is 0. The maximum Gasteiger partial charge on any atom is 0.314 e. The van der Waals surface area contributed by atoms with Crippen LogP contribution in [0, 0.1) is 20.2 Å². The van der Waals surface area contributed by atoms with E-state index in [1.54, 1.807) is 24.3 Å². The molecule has 0 amide bonds. The summed E-state index contributed by atoms with van der Waals surface area (Å²) in [6.07, 6.45) is 11.5. The number of benzene rings is 2. The third-order valence-electron chi connectivity index (χ3n) is 5.91. The fraction of sp³-hybridized carbons (Fsp3) is 0.538. The Morgan fingerprint density at radius 1 is 0.600 bits per heavy atom. The Kier molecular flexibility index (Phi) is 13.9. The molecule has 0 aliphatic heterocycles. The summed E-state index contributed by atoms with van der Waals surface area (Å²) in [7, 11) is 0. The summed E-state index contributed by atoms with van der Waals surface area (Å²) in [6.45, 7) is 0. The molecule has 2 aromatic rings. The predicted octanol–water partition coefficient (Wildman–Crippen LogP) is 9.07. The highest BCUT2D eigenvalue weighted by Gasteiger charge is 2.26. The summed E-state index contributed by atoms with van der Waals surface area (Å²) < 4.78 is 5.87. The molecule has 9 heteroatoms. The van der Waals surface area contributed by atoms with E-state index in [2.05, 4.69) is 31.9 Å². The van der Waals surface area contributed by atoms with Crippen molar-refractivity contribution in [3.63, 3.8) is 0 Å². The fourth-order valence-corrected chi connectivity index (χ4v) is 4.91. The van der Waals surface area contributed by atoms with Crippen LogP contribution in [-0.4, -0.2) is 20.5 Å². The van der Waals surface area contributed by atoms with E-state index in [4.69, 9.17) is 4.74 Å². The molecule has 0 bridgehead atoms. The van der Waals surface area contributed by atoms with Gasteiger partial charge in [0.05, 0.1) is 9.85 Å². The van der Waals surface area contributed by atoms with E-state index >= 15 is 0 Å². The molecule has 0 aliphatic carbocycles. The predicted molar refractivity (Wildman–Crippen MR) is 147 cm³/mol. The van der Waals surface area contributed by atoms with E-state index in [-0.39, 0.29) is 22.9 Å². The summed E-state index contributed by atoms with van der Waals surface area (Å²) in [5.41, 5.74) is 0.962. The first-order chi connectivity index (χ1) is 17.0. The van der Waals surface area contributed by atoms with E-state index in [0.717, 1.165) is 74.9 Å². The number of hydrogen-bond acceptors (Lipinski definition) is 5. The highest BCUT2D eigenvalue weighted by Crippen LogP contribution is 2.40. The first kappa shape index (κ1) is 29.2. The van der Waals surface area contributed by atoms with Gasteiger partial charge in [-0.05, 0) is 50.7 Å². The van der Waals surface area contributed by atoms with E-state index in [1.807, 2.05) is 0 Å². The number of ether oxygens (including phenoxy) is 1. The van der Waals surface area contributed by atoms with Crippen LogP contribution in [0.15, 0.2) is 36.4 Å². The van der Waals surface area contributed by atoms with Crippen molar-refractivity contribution < 1.29 is 14.6 Å². The van der Waals surface area contributed by atoms with Gasteiger partial charge in [-0.25, -0.2) is 0 Å². The minimum atomic E-state index is -0.446. The second-order valence-corrected chi connectivity index (χ2v) is 10.1. The molecule has 0 saturated carbocycles. The van der Waals surface area contributed by atoms with Gasteiger partial charge >= 0.3 is 11.4 Å². The molecule has 192 valence electrons. The number of rotatable bonds is 18. The van der Waals surface area contributed by atoms with Gasteiger partial charge in [0.15, 0.2) is 0 Å². The van der Waals surface area contributed by atoms with Crippen LogP contribution in [0.25, 0.3) is 0 Å². The Hall–Kier alpha value is -2.00. The molecule has 0 N–H and O–H groups in total. The van der Waals surface area contributed by atoms with Crippen molar-refractivity contribution in [2.24, 2.45) is 0 Å². The van der Waals surface area contributed by atoms with Crippen LogP contribution in [0.5, 0.6) is 11.5 Å². The number of para-hydroxylation sites is 2. The van der Waals surface area contributed by atoms with E-state index in [1.165, 1.54) is 12.1 Å². The van der Waals surface area contributed by atoms with Crippen LogP contribution in [-0.2, 0) is 12.8 Å². The van der Waals surface area contributed by atoms with Gasteiger partial charge in [-0.1, -0.05) is 94.7 Å². The maximum absolute atomic E-state index is 11.9. The van der Waals surface area contributed by atoms with Gasteiger partial charge in [-0.15, -0.1) is 0 Å². The van der Waals surface area contributed by atoms with Gasteiger partial charge in [0.1, 0.15) is 0 Å². The van der Waals surface area contributed by atoms with E-state index in [9.17, 15) is 20.2 Å². The quantitative estimate of drug-likeness (QED) is 0.0723. The molecule has 2 aromatic carbocycles. The number of unbranched alkanes of at least 4 members (excludes halogenated alkanes) is 8. The zero-order chi connectivity index (χ0) is 25.5. The van der Waals surface area contributed by atoms with Crippen molar-refractivity contribution in [1.82, 2.24) is 0 Å². The molecular formula is C26H34Br2N2O5. The van der Waals surface area contributed by atoms with Gasteiger partial charge in [0.25, 0.3) is 0 Å². The molecule has 0 radical (unpaired) electrons. The zero-order valence-corrected chi connectivity index (χ0v) is 23.2. The van der Waals surface area contributed by atoms with E-state index < -0.39 is 9.85 Å². The Morgan fingerprint density at radius 3 is 1.34 bits per heavy atom. The van der Waals surface area contributed by atoms with Gasteiger partial charge in [-0.2, -0.15) is 0 Å². The molecular weight excluding hydrogens is 580 g/mol. The number of nitro benzene ring substituents is 2. The summed E-state index contributed by atoms with van der Waals surface area (Å²) >= 11 is 6.85. The maximum atomic E-state index is 11.9. The van der Waals surface area contributed by atoms with Crippen LogP contribution in [0.4, 0.5) is 11.4 Å². The Morgan fingerprint density at radius 2 is 0.971 bits per heavy atom. The van der Waals surface area contributed by atoms with Crippen molar-refractivity contribution in [3.05, 3.63) is 67.8 Å². The Labute approximate surface area is 224 Å². The zero-order valence-electron chi connectivity index (χ0n) is 20.1. The van der Waals surface area contributed by atoms with Gasteiger partial charge < -0.3 is 4.74 Å². The molecule has 0 unspecified atom stereocenters. The molecule has 2 rings (SSSR count). The summed E-state index contributed by atoms with van der Waals surface area (Å²) in [6, 6.07) is 9.93. The normalized spacial score (nSPS) is 10.9. The van der Waals surface area contributed by atoms with Crippen molar-refractivity contribution >= 4 is 43.2 Å². The van der Waals surface area contributed by atoms with Crippen LogP contribution in [0.2, 0.25) is 0 Å². The summed E-state index contributed by atoms with van der Waals surface area (Å²) in [4.78, 5) is 23.0. The Bertz CT molecular complexity index is 880. The van der Waals surface area contributed by atoms with Crippen molar-refractivity contribution in [2.45, 2.75) is 77.0 Å². The molecule has 0 spiro atoms. The number of nitrogens with zero attached hydrogens (tertiary/aromatic N) is 2. The van der Waals surface area contributed by atoms with Crippen LogP contribution >= 0.6 is 31.9 Å². The average molecular weight is 614 g/mol. The number of halogens is 2. The second kappa shape index (κ2) is 16.6. The lowest BCUT2D eigenvalue weighted by Gasteiger charge is -2.12. The topological polar surface area (TPSA) is 95.5 Å². The summed E-state index contributed by atoms with van der Waals surface area (Å²) in [5.74, 6) is 0.0867. The monoisotopic (exact) mass is 612 g/mol. The number of aryl methyl sites for hydroxylation is 2. The SMILES string of the molecule is O=[N+]([O-])c1c(CCCCCCCBr)cccc1Oc1cccc(CCCCCCCBr)c1[N+](=O)[O-]. The van der Waals surface area contributed by atoms with Crippen molar-refractivity contribution in [3.8, 4) is 11.5 Å². The third-order valence-corrected chi connectivity index (χ3v) is 7.03. The van der Waals surface area contributed by atoms with Gasteiger partial charge in [0.2, 0.25) is 11.5 Å². The Balaban J connectivity index is 2.17. The molecule has 0 aliphatic rings. The molecule has 7 nitrogen and oxygen atoms in total. The van der Waals surface area contributed by atoms with Crippen molar-refractivity contribution in [2.75, 3.05) is 10.7 Å². The van der Waals surface area contributed by atoms with Crippen molar-refractivity contribution in [1.29, 1.82) is 0 Å². The third kappa shape index (κ3) is 9.88. The minimum Gasteiger partial charge on any atom is -0.443 e. The average Bonchev–Trinajstić information content (AvgIpc) is 2.83. The minimum absolute atomic E-state index is 0.0433. The van der Waals surface area contributed by atoms with Crippen LogP contribution in [0.3, 0.4) is 0 Å². The fourth-order valence-electron chi connectivity index (χ4n) is 4.12. The highest BCUT2D eigenvalue weighted by atomic mass is 79.9. The molecule has 0 aromatic heterocycles. The van der Waals surface area contributed by atoms with Gasteiger partial charge in [-0.3, -0.25) is 20.2 Å². The molecule has 0 atom stereocenters. The standard InChI is InChI=1S/C26H34Br2N2O5/c27-19-9-5-1-3-7-13-21-15-11-17-23(25(21)29(31)32)35-24-18-12-16-22(26(24)30(33)34)14-8-4-2-6-10-20-28/h11-12,15-18H,1-10,13-14,19-20H2. The summed E-state index contributed by atoms with van der Waals surface area (Å²) in [5, 5.41) is 25.8. The molecule has 35 heavy (non-hydrogen) atoms. The number of alkyl halides is 2. The highest BCUT2D eigenvalue weighted by molar-refractivity contribution is 9.09. The first-order valence-corrected chi connectivity index (χ1v) is 14.6. The molecule has 0 heterocycles.